The Morgan fingerprint density at radius 3 is 2.30 bits per heavy atom. The topological polar surface area (TPSA) is 59.0 Å². The number of amides is 1. The minimum absolute atomic E-state index is 0.0892. The summed E-state index contributed by atoms with van der Waals surface area (Å²) in [6, 6.07) is 22.0. The summed E-state index contributed by atoms with van der Waals surface area (Å²) in [5.41, 5.74) is 2.95. The monoisotopic (exact) mass is 362 g/mol. The third kappa shape index (κ3) is 4.83. The fourth-order valence-corrected chi connectivity index (χ4v) is 3.14. The molecule has 0 saturated heterocycles. The molecule has 0 bridgehead atoms. The van der Waals surface area contributed by atoms with E-state index in [0.717, 1.165) is 11.4 Å². The number of nitrogens with one attached hydrogen (secondary N) is 2. The molecule has 0 fully saturated rings. The Morgan fingerprint density at radius 1 is 1.04 bits per heavy atom. The summed E-state index contributed by atoms with van der Waals surface area (Å²) in [5.74, 6) is 0.956. The highest BCUT2D eigenvalue weighted by Crippen LogP contribution is 2.21. The molecule has 0 aliphatic heterocycles. The van der Waals surface area contributed by atoms with Crippen molar-refractivity contribution in [3.8, 4) is 5.69 Å². The Bertz CT molecular complexity index is 872. The Labute approximate surface area is 160 Å². The zero-order valence-electron chi connectivity index (χ0n) is 16.0. The molecule has 5 nitrogen and oxygen atoms in total. The van der Waals surface area contributed by atoms with Crippen LogP contribution in [0.4, 0.5) is 5.82 Å². The molecule has 2 N–H and O–H groups in total. The van der Waals surface area contributed by atoms with Crippen molar-refractivity contribution in [1.82, 2.24) is 15.1 Å². The lowest BCUT2D eigenvalue weighted by Crippen LogP contribution is -2.34. The average molecular weight is 362 g/mol. The highest BCUT2D eigenvalue weighted by molar-refractivity contribution is 5.91. The smallest absolute Gasteiger partial charge is 0.239 e. The quantitative estimate of drug-likeness (QED) is 0.665. The Balaban J connectivity index is 1.68. The van der Waals surface area contributed by atoms with Crippen molar-refractivity contribution in [2.75, 3.05) is 11.9 Å². The van der Waals surface area contributed by atoms with Gasteiger partial charge in [-0.3, -0.25) is 4.79 Å². The van der Waals surface area contributed by atoms with Gasteiger partial charge in [0, 0.05) is 12.1 Å². The minimum atomic E-state index is -0.0892. The second kappa shape index (κ2) is 8.64. The number of benzene rings is 2. The normalized spacial score (nSPS) is 12.1. The zero-order valence-corrected chi connectivity index (χ0v) is 16.0. The van der Waals surface area contributed by atoms with Gasteiger partial charge in [-0.25, -0.2) is 4.68 Å². The van der Waals surface area contributed by atoms with Crippen LogP contribution in [0.1, 0.15) is 31.1 Å². The number of hydrogen-bond acceptors (Lipinski definition) is 3. The Hall–Kier alpha value is -2.92. The fraction of sp³-hybridized carbons (Fsp3) is 0.273. The maximum Gasteiger partial charge on any atom is 0.239 e. The van der Waals surface area contributed by atoms with Crippen LogP contribution in [0.5, 0.6) is 0 Å². The summed E-state index contributed by atoms with van der Waals surface area (Å²) in [7, 11) is 0. The van der Waals surface area contributed by atoms with E-state index in [2.05, 4.69) is 41.7 Å². The summed E-state index contributed by atoms with van der Waals surface area (Å²) in [6.07, 6.45) is 0. The first-order chi connectivity index (χ1) is 13.0. The number of anilines is 1. The SMILES string of the molecule is Cc1cc(NC(=O)CNC(c2ccccc2)C(C)C)n(-c2ccccc2)n1. The highest BCUT2D eigenvalue weighted by Gasteiger charge is 2.17. The molecule has 5 heteroatoms. The van der Waals surface area contributed by atoms with E-state index in [-0.39, 0.29) is 18.5 Å². The number of carbonyl (C=O) groups is 1. The molecule has 140 valence electrons. The number of carbonyl (C=O) groups excluding carboxylic acids is 1. The molecule has 0 saturated carbocycles. The van der Waals surface area contributed by atoms with Crippen LogP contribution >= 0.6 is 0 Å². The third-order valence-corrected chi connectivity index (χ3v) is 4.41. The molecular formula is C22H26N4O. The van der Waals surface area contributed by atoms with Crippen LogP contribution in [0.25, 0.3) is 5.69 Å². The molecule has 1 aromatic heterocycles. The summed E-state index contributed by atoms with van der Waals surface area (Å²) >= 11 is 0. The van der Waals surface area contributed by atoms with E-state index in [1.807, 2.05) is 61.5 Å². The van der Waals surface area contributed by atoms with Gasteiger partial charge in [-0.15, -0.1) is 0 Å². The zero-order chi connectivity index (χ0) is 19.2. The van der Waals surface area contributed by atoms with Crippen LogP contribution < -0.4 is 10.6 Å². The van der Waals surface area contributed by atoms with Crippen LogP contribution in [-0.2, 0) is 4.79 Å². The molecule has 0 radical (unpaired) electrons. The van der Waals surface area contributed by atoms with Crippen LogP contribution in [0, 0.1) is 12.8 Å². The van der Waals surface area contributed by atoms with Crippen molar-refractivity contribution in [3.63, 3.8) is 0 Å². The maximum absolute atomic E-state index is 12.5. The van der Waals surface area contributed by atoms with Gasteiger partial charge in [-0.2, -0.15) is 5.10 Å². The van der Waals surface area contributed by atoms with Gasteiger partial charge in [0.1, 0.15) is 5.82 Å². The standard InChI is InChI=1S/C22H26N4O/c1-16(2)22(18-10-6-4-7-11-18)23-15-21(27)24-20-14-17(3)25-26(20)19-12-8-5-9-13-19/h4-14,16,22-23H,15H2,1-3H3,(H,24,27). The van der Waals surface area contributed by atoms with E-state index < -0.39 is 0 Å². The van der Waals surface area contributed by atoms with E-state index in [4.69, 9.17) is 0 Å². The first-order valence-corrected chi connectivity index (χ1v) is 9.25. The molecule has 0 aliphatic rings. The van der Waals surface area contributed by atoms with Crippen molar-refractivity contribution >= 4 is 11.7 Å². The molecule has 2 aromatic carbocycles. The van der Waals surface area contributed by atoms with E-state index in [9.17, 15) is 4.79 Å². The summed E-state index contributed by atoms with van der Waals surface area (Å²) in [5, 5.41) is 10.8. The van der Waals surface area contributed by atoms with Gasteiger partial charge in [0.05, 0.1) is 17.9 Å². The van der Waals surface area contributed by atoms with Gasteiger partial charge < -0.3 is 10.6 Å². The van der Waals surface area contributed by atoms with Gasteiger partial charge in [0.25, 0.3) is 0 Å². The van der Waals surface area contributed by atoms with Gasteiger partial charge in [0.15, 0.2) is 0 Å². The molecule has 1 heterocycles. The highest BCUT2D eigenvalue weighted by atomic mass is 16.2. The number of para-hydroxylation sites is 1. The lowest BCUT2D eigenvalue weighted by atomic mass is 9.96. The van der Waals surface area contributed by atoms with E-state index in [1.165, 1.54) is 5.56 Å². The number of rotatable bonds is 7. The van der Waals surface area contributed by atoms with Gasteiger partial charge in [0.2, 0.25) is 5.91 Å². The van der Waals surface area contributed by atoms with Gasteiger partial charge >= 0.3 is 0 Å². The van der Waals surface area contributed by atoms with E-state index >= 15 is 0 Å². The second-order valence-corrected chi connectivity index (χ2v) is 6.98. The van der Waals surface area contributed by atoms with Gasteiger partial charge in [-0.1, -0.05) is 62.4 Å². The number of hydrogen-bond donors (Lipinski definition) is 2. The summed E-state index contributed by atoms with van der Waals surface area (Å²) < 4.78 is 1.75. The van der Waals surface area contributed by atoms with Crippen molar-refractivity contribution in [2.24, 2.45) is 5.92 Å². The van der Waals surface area contributed by atoms with E-state index in [0.29, 0.717) is 11.7 Å². The molecule has 1 atom stereocenters. The molecule has 3 rings (SSSR count). The third-order valence-electron chi connectivity index (χ3n) is 4.41. The fourth-order valence-electron chi connectivity index (χ4n) is 3.14. The van der Waals surface area contributed by atoms with Crippen molar-refractivity contribution in [1.29, 1.82) is 0 Å². The Kier molecular flexibility index (Phi) is 6.04. The van der Waals surface area contributed by atoms with Crippen molar-refractivity contribution in [3.05, 3.63) is 78.0 Å². The van der Waals surface area contributed by atoms with Crippen molar-refractivity contribution in [2.45, 2.75) is 26.8 Å². The minimum Gasteiger partial charge on any atom is -0.309 e. The molecule has 0 aliphatic carbocycles. The van der Waals surface area contributed by atoms with E-state index in [1.54, 1.807) is 4.68 Å². The predicted molar refractivity (Wildman–Crippen MR) is 109 cm³/mol. The number of aryl methyl sites for hydroxylation is 1. The first kappa shape index (κ1) is 18.9. The number of nitrogens with zero attached hydrogens (tertiary/aromatic N) is 2. The molecular weight excluding hydrogens is 336 g/mol. The summed E-state index contributed by atoms with van der Waals surface area (Å²) in [6.45, 7) is 6.45. The molecule has 1 unspecified atom stereocenters. The molecule has 27 heavy (non-hydrogen) atoms. The first-order valence-electron chi connectivity index (χ1n) is 9.25. The number of aromatic nitrogens is 2. The lowest BCUT2D eigenvalue weighted by Gasteiger charge is -2.22. The van der Waals surface area contributed by atoms with Crippen molar-refractivity contribution < 1.29 is 4.79 Å². The largest absolute Gasteiger partial charge is 0.309 e. The molecule has 0 spiro atoms. The molecule has 3 aromatic rings. The van der Waals surface area contributed by atoms with Crippen LogP contribution in [0.15, 0.2) is 66.7 Å². The maximum atomic E-state index is 12.5. The van der Waals surface area contributed by atoms with Gasteiger partial charge in [-0.05, 0) is 30.5 Å². The molecule has 1 amide bonds. The summed E-state index contributed by atoms with van der Waals surface area (Å²) in [4.78, 5) is 12.5. The van der Waals surface area contributed by atoms with Crippen LogP contribution in [-0.4, -0.2) is 22.2 Å². The van der Waals surface area contributed by atoms with Crippen LogP contribution in [0.2, 0.25) is 0 Å². The predicted octanol–water partition coefficient (Wildman–Crippen LogP) is 4.11. The Morgan fingerprint density at radius 2 is 1.67 bits per heavy atom. The lowest BCUT2D eigenvalue weighted by molar-refractivity contribution is -0.115. The second-order valence-electron chi connectivity index (χ2n) is 6.98. The average Bonchev–Trinajstić information content (AvgIpc) is 3.03. The van der Waals surface area contributed by atoms with Crippen LogP contribution in [0.3, 0.4) is 0 Å².